The number of hydrogen-bond acceptors (Lipinski definition) is 6. The minimum atomic E-state index is -0.409. The molecule has 172 valence electrons. The summed E-state index contributed by atoms with van der Waals surface area (Å²) in [6, 6.07) is 21.2. The first kappa shape index (κ1) is 23.3. The molecule has 1 N–H and O–H groups in total. The number of amides is 2. The van der Waals surface area contributed by atoms with Crippen LogP contribution in [0.4, 0.5) is 4.79 Å². The van der Waals surface area contributed by atoms with Crippen molar-refractivity contribution in [3.05, 3.63) is 89.5 Å². The topological polar surface area (TPSA) is 81.7 Å². The number of hydrogen-bond donors (Lipinski definition) is 1. The van der Waals surface area contributed by atoms with Gasteiger partial charge in [-0.3, -0.25) is 14.9 Å². The summed E-state index contributed by atoms with van der Waals surface area (Å²) in [6.07, 6.45) is 3.66. The predicted octanol–water partition coefficient (Wildman–Crippen LogP) is 5.53. The second-order valence-electron chi connectivity index (χ2n) is 7.75. The van der Waals surface area contributed by atoms with E-state index in [-0.39, 0.29) is 11.1 Å². The van der Waals surface area contributed by atoms with Crippen LogP contribution in [-0.2, 0) is 20.7 Å². The summed E-state index contributed by atoms with van der Waals surface area (Å²) in [5.41, 5.74) is 4.85. The van der Waals surface area contributed by atoms with E-state index < -0.39 is 11.2 Å². The van der Waals surface area contributed by atoms with E-state index in [1.165, 1.54) is 13.2 Å². The van der Waals surface area contributed by atoms with Gasteiger partial charge < -0.3 is 9.47 Å². The highest BCUT2D eigenvalue weighted by molar-refractivity contribution is 8.15. The van der Waals surface area contributed by atoms with E-state index in [9.17, 15) is 14.4 Å². The Morgan fingerprint density at radius 2 is 1.79 bits per heavy atom. The Hall–Kier alpha value is -3.84. The molecular weight excluding hydrogens is 450 g/mol. The van der Waals surface area contributed by atoms with Crippen LogP contribution in [0.25, 0.3) is 17.2 Å². The van der Waals surface area contributed by atoms with Crippen molar-refractivity contribution in [3.63, 3.8) is 0 Å². The van der Waals surface area contributed by atoms with Crippen molar-refractivity contribution in [2.45, 2.75) is 18.6 Å². The monoisotopic (exact) mass is 473 g/mol. The summed E-state index contributed by atoms with van der Waals surface area (Å²) >= 11 is 1.02. The molecule has 2 amide bonds. The summed E-state index contributed by atoms with van der Waals surface area (Å²) in [5, 5.41) is 1.61. The molecule has 6 nitrogen and oxygen atoms in total. The van der Waals surface area contributed by atoms with E-state index >= 15 is 0 Å². The molecule has 1 unspecified atom stereocenters. The van der Waals surface area contributed by atoms with Crippen molar-refractivity contribution >= 4 is 35.0 Å². The fraction of sp³-hybridized carbons (Fsp3) is 0.148. The van der Waals surface area contributed by atoms with Crippen LogP contribution in [-0.4, -0.2) is 29.5 Å². The quantitative estimate of drug-likeness (QED) is 0.359. The van der Waals surface area contributed by atoms with Crippen LogP contribution in [0.15, 0.2) is 72.8 Å². The number of carbonyl (C=O) groups excluding carboxylic acids is 3. The van der Waals surface area contributed by atoms with Crippen LogP contribution in [0.5, 0.6) is 11.5 Å². The zero-order chi connectivity index (χ0) is 24.1. The largest absolute Gasteiger partial charge is 0.466 e. The molecule has 0 aromatic heterocycles. The van der Waals surface area contributed by atoms with Gasteiger partial charge in [0.25, 0.3) is 5.24 Å². The van der Waals surface area contributed by atoms with E-state index in [4.69, 9.17) is 9.47 Å². The molecule has 1 atom stereocenters. The molecule has 1 aliphatic heterocycles. The second-order valence-corrected chi connectivity index (χ2v) is 8.93. The van der Waals surface area contributed by atoms with E-state index in [0.29, 0.717) is 17.9 Å². The minimum Gasteiger partial charge on any atom is -0.466 e. The smallest absolute Gasteiger partial charge is 0.330 e. The molecule has 0 bridgehead atoms. The fourth-order valence-electron chi connectivity index (χ4n) is 3.67. The standard InChI is InChI=1S/C27H23NO5S/c1-17-5-3-8-23(22(17)13-14-25(29)32-2)19-6-4-7-21(16-19)33-20-11-9-18(10-12-20)15-24-26(30)28-27(31)34-24/h3-14,16,24H,15H2,1-2H3,(H,28,30,31)/b14-13+. The third-order valence-corrected chi connectivity index (χ3v) is 6.38. The van der Waals surface area contributed by atoms with Crippen molar-refractivity contribution < 1.29 is 23.9 Å². The normalized spacial score (nSPS) is 15.4. The average Bonchev–Trinajstić information content (AvgIpc) is 3.15. The first-order chi connectivity index (χ1) is 16.4. The van der Waals surface area contributed by atoms with Gasteiger partial charge in [0.1, 0.15) is 11.5 Å². The Labute approximate surface area is 202 Å². The van der Waals surface area contributed by atoms with Crippen molar-refractivity contribution in [1.82, 2.24) is 5.32 Å². The van der Waals surface area contributed by atoms with Gasteiger partial charge in [-0.25, -0.2) is 4.79 Å². The maximum Gasteiger partial charge on any atom is 0.330 e. The average molecular weight is 474 g/mol. The van der Waals surface area contributed by atoms with E-state index in [1.54, 1.807) is 6.08 Å². The zero-order valence-corrected chi connectivity index (χ0v) is 19.6. The van der Waals surface area contributed by atoms with Gasteiger partial charge in [0.2, 0.25) is 5.91 Å². The number of carbonyl (C=O) groups is 3. The van der Waals surface area contributed by atoms with Gasteiger partial charge >= 0.3 is 5.97 Å². The number of aryl methyl sites for hydroxylation is 1. The summed E-state index contributed by atoms with van der Waals surface area (Å²) in [4.78, 5) is 34.7. The van der Waals surface area contributed by atoms with Crippen LogP contribution >= 0.6 is 11.8 Å². The van der Waals surface area contributed by atoms with Gasteiger partial charge in [0, 0.05) is 6.08 Å². The summed E-state index contributed by atoms with van der Waals surface area (Å²) in [7, 11) is 1.35. The molecule has 1 aliphatic rings. The number of methoxy groups -OCH3 is 1. The van der Waals surface area contributed by atoms with Crippen molar-refractivity contribution in [3.8, 4) is 22.6 Å². The lowest BCUT2D eigenvalue weighted by atomic mass is 9.95. The Kier molecular flexibility index (Phi) is 7.13. The Morgan fingerprint density at radius 1 is 1.03 bits per heavy atom. The Bertz CT molecular complexity index is 1270. The van der Waals surface area contributed by atoms with Gasteiger partial charge in [0.15, 0.2) is 0 Å². The third kappa shape index (κ3) is 5.55. The molecule has 0 saturated carbocycles. The lowest BCUT2D eigenvalue weighted by molar-refractivity contribution is -0.134. The summed E-state index contributed by atoms with van der Waals surface area (Å²) in [5.74, 6) is 0.680. The van der Waals surface area contributed by atoms with Gasteiger partial charge in [-0.2, -0.15) is 0 Å². The first-order valence-electron chi connectivity index (χ1n) is 10.7. The highest BCUT2D eigenvalue weighted by Crippen LogP contribution is 2.32. The number of imide groups is 1. The van der Waals surface area contributed by atoms with Gasteiger partial charge in [-0.1, -0.05) is 54.2 Å². The lowest BCUT2D eigenvalue weighted by Crippen LogP contribution is -2.25. The molecule has 0 radical (unpaired) electrons. The van der Waals surface area contributed by atoms with Gasteiger partial charge in [-0.05, 0) is 71.5 Å². The van der Waals surface area contributed by atoms with Crippen molar-refractivity contribution in [2.24, 2.45) is 0 Å². The highest BCUT2D eigenvalue weighted by atomic mass is 32.2. The number of nitrogens with one attached hydrogen (secondary N) is 1. The van der Waals surface area contributed by atoms with Gasteiger partial charge in [-0.15, -0.1) is 0 Å². The molecule has 1 saturated heterocycles. The van der Waals surface area contributed by atoms with Crippen molar-refractivity contribution in [2.75, 3.05) is 7.11 Å². The number of thioether (sulfide) groups is 1. The van der Waals surface area contributed by atoms with E-state index in [0.717, 1.165) is 39.6 Å². The third-order valence-electron chi connectivity index (χ3n) is 5.40. The molecule has 7 heteroatoms. The predicted molar refractivity (Wildman–Crippen MR) is 133 cm³/mol. The van der Waals surface area contributed by atoms with Crippen LogP contribution in [0.3, 0.4) is 0 Å². The van der Waals surface area contributed by atoms with Crippen LogP contribution < -0.4 is 10.1 Å². The number of ether oxygens (including phenoxy) is 2. The van der Waals surface area contributed by atoms with Crippen LogP contribution in [0.1, 0.15) is 16.7 Å². The molecule has 3 aromatic rings. The Balaban J connectivity index is 1.51. The molecule has 4 rings (SSSR count). The number of benzene rings is 3. The molecule has 1 heterocycles. The molecule has 1 fully saturated rings. The number of esters is 1. The van der Waals surface area contributed by atoms with E-state index in [2.05, 4.69) is 5.32 Å². The van der Waals surface area contributed by atoms with Crippen molar-refractivity contribution in [1.29, 1.82) is 0 Å². The lowest BCUT2D eigenvalue weighted by Gasteiger charge is -2.12. The molecule has 34 heavy (non-hydrogen) atoms. The second kappa shape index (κ2) is 10.4. The van der Waals surface area contributed by atoms with Crippen LogP contribution in [0.2, 0.25) is 0 Å². The maximum absolute atomic E-state index is 11.8. The van der Waals surface area contributed by atoms with Crippen LogP contribution in [0, 0.1) is 6.92 Å². The number of rotatable bonds is 7. The molecular formula is C27H23NO5S. The highest BCUT2D eigenvalue weighted by Gasteiger charge is 2.31. The minimum absolute atomic E-state index is 0.246. The van der Waals surface area contributed by atoms with E-state index in [1.807, 2.05) is 73.7 Å². The molecule has 0 spiro atoms. The summed E-state index contributed by atoms with van der Waals surface area (Å²) in [6.45, 7) is 1.99. The molecule has 3 aromatic carbocycles. The maximum atomic E-state index is 11.8. The molecule has 0 aliphatic carbocycles. The fourth-order valence-corrected chi connectivity index (χ4v) is 4.53. The zero-order valence-electron chi connectivity index (χ0n) is 18.7. The Morgan fingerprint density at radius 3 is 2.50 bits per heavy atom. The first-order valence-corrected chi connectivity index (χ1v) is 11.6. The SMILES string of the molecule is COC(=O)/C=C/c1c(C)cccc1-c1cccc(Oc2ccc(CC3SC(=O)NC3=O)cc2)c1. The van der Waals surface area contributed by atoms with Gasteiger partial charge in [0.05, 0.1) is 12.4 Å². The summed E-state index contributed by atoms with van der Waals surface area (Å²) < 4.78 is 10.8.